The van der Waals surface area contributed by atoms with Gasteiger partial charge in [0.1, 0.15) is 5.82 Å². The van der Waals surface area contributed by atoms with Crippen LogP contribution in [-0.4, -0.2) is 38.3 Å². The van der Waals surface area contributed by atoms with Crippen molar-refractivity contribution >= 4 is 5.91 Å². The highest BCUT2D eigenvalue weighted by Gasteiger charge is 2.36. The summed E-state index contributed by atoms with van der Waals surface area (Å²) in [6.07, 6.45) is 3.09. The zero-order valence-corrected chi connectivity index (χ0v) is 13.9. The van der Waals surface area contributed by atoms with Gasteiger partial charge in [0.15, 0.2) is 0 Å². The number of carbonyl (C=O) groups excluding carboxylic acids is 1. The molecule has 0 radical (unpaired) electrons. The van der Waals surface area contributed by atoms with Crippen LogP contribution in [0.25, 0.3) is 0 Å². The van der Waals surface area contributed by atoms with Crippen LogP contribution in [0.15, 0.2) is 36.7 Å². The normalized spacial score (nSPS) is 20.8. The number of β-amino-alcohol motifs (C(OH)–C–C–N with tert-alkyl or cyclic N) is 1. The number of hydrogen-bond acceptors (Lipinski definition) is 3. The van der Waals surface area contributed by atoms with E-state index >= 15 is 0 Å². The number of rotatable bonds is 4. The molecule has 0 saturated carbocycles. The zero-order chi connectivity index (χ0) is 17.3. The van der Waals surface area contributed by atoms with E-state index in [4.69, 9.17) is 0 Å². The minimum absolute atomic E-state index is 0.184. The second-order valence-corrected chi connectivity index (χ2v) is 6.76. The molecular weight excluding hydrogens is 309 g/mol. The van der Waals surface area contributed by atoms with Gasteiger partial charge in [0.2, 0.25) is 0 Å². The number of halogens is 1. The molecule has 1 aromatic heterocycles. The number of aliphatic hydroxyl groups is 1. The topological polar surface area (TPSA) is 58.4 Å². The fourth-order valence-electron chi connectivity index (χ4n) is 3.18. The lowest BCUT2D eigenvalue weighted by Gasteiger charge is -2.24. The van der Waals surface area contributed by atoms with E-state index in [0.29, 0.717) is 23.5 Å². The average molecular weight is 331 g/mol. The van der Waals surface area contributed by atoms with E-state index < -0.39 is 6.10 Å². The molecule has 1 aliphatic rings. The molecule has 24 heavy (non-hydrogen) atoms. The van der Waals surface area contributed by atoms with Crippen LogP contribution in [0.1, 0.15) is 42.2 Å². The summed E-state index contributed by atoms with van der Waals surface area (Å²) < 4.78 is 15.3. The molecule has 1 amide bonds. The molecule has 0 spiro atoms. The number of aliphatic hydroxyl groups excluding tert-OH is 1. The van der Waals surface area contributed by atoms with Gasteiger partial charge in [0, 0.05) is 19.3 Å². The Kier molecular flexibility index (Phi) is 4.66. The van der Waals surface area contributed by atoms with E-state index in [-0.39, 0.29) is 24.3 Å². The highest BCUT2D eigenvalue weighted by Crippen LogP contribution is 2.33. The predicted octanol–water partition coefficient (Wildman–Crippen LogP) is 2.63. The Morgan fingerprint density at radius 1 is 1.46 bits per heavy atom. The molecule has 3 rings (SSSR count). The number of aromatic nitrogens is 2. The molecule has 2 aromatic rings. The van der Waals surface area contributed by atoms with Crippen LogP contribution < -0.4 is 0 Å². The standard InChI is InChI=1S/C18H22FN3O2/c1-12(2)9-21-10-14(8-20-21)18(24)22-11-16(23)7-17(22)13-4-3-5-15(19)6-13/h3-6,8,10,12,16-17,23H,7,9,11H2,1-2H3/t16-,17+/m0/s1. The largest absolute Gasteiger partial charge is 0.391 e. The Balaban J connectivity index is 1.83. The van der Waals surface area contributed by atoms with Gasteiger partial charge in [-0.3, -0.25) is 9.48 Å². The lowest BCUT2D eigenvalue weighted by atomic mass is 10.0. The van der Waals surface area contributed by atoms with Crippen molar-refractivity contribution in [2.24, 2.45) is 5.92 Å². The first-order valence-corrected chi connectivity index (χ1v) is 8.21. The van der Waals surface area contributed by atoms with E-state index in [1.54, 1.807) is 34.1 Å². The Bertz CT molecular complexity index is 729. The molecule has 1 fully saturated rings. The van der Waals surface area contributed by atoms with Gasteiger partial charge in [-0.25, -0.2) is 4.39 Å². The molecule has 2 atom stereocenters. The van der Waals surface area contributed by atoms with Gasteiger partial charge in [-0.1, -0.05) is 26.0 Å². The van der Waals surface area contributed by atoms with E-state index in [1.807, 2.05) is 0 Å². The van der Waals surface area contributed by atoms with Crippen LogP contribution in [0.2, 0.25) is 0 Å². The van der Waals surface area contributed by atoms with Crippen LogP contribution >= 0.6 is 0 Å². The summed E-state index contributed by atoms with van der Waals surface area (Å²) in [7, 11) is 0. The third-order valence-electron chi connectivity index (χ3n) is 4.21. The minimum atomic E-state index is -0.604. The van der Waals surface area contributed by atoms with Crippen LogP contribution in [0.4, 0.5) is 4.39 Å². The monoisotopic (exact) mass is 331 g/mol. The van der Waals surface area contributed by atoms with Crippen LogP contribution in [-0.2, 0) is 6.54 Å². The first kappa shape index (κ1) is 16.6. The van der Waals surface area contributed by atoms with Crippen molar-refractivity contribution in [2.45, 2.75) is 39.0 Å². The van der Waals surface area contributed by atoms with Crippen molar-refractivity contribution in [1.29, 1.82) is 0 Å². The molecule has 1 aromatic carbocycles. The number of amides is 1. The average Bonchev–Trinajstić information content (AvgIpc) is 3.12. The molecule has 128 valence electrons. The molecule has 6 heteroatoms. The summed E-state index contributed by atoms with van der Waals surface area (Å²) >= 11 is 0. The summed E-state index contributed by atoms with van der Waals surface area (Å²) in [6.45, 7) is 5.15. The van der Waals surface area contributed by atoms with Crippen molar-refractivity contribution in [3.05, 3.63) is 53.6 Å². The van der Waals surface area contributed by atoms with Gasteiger partial charge in [0.05, 0.1) is 23.9 Å². The van der Waals surface area contributed by atoms with Gasteiger partial charge >= 0.3 is 0 Å². The van der Waals surface area contributed by atoms with Crippen molar-refractivity contribution < 1.29 is 14.3 Å². The van der Waals surface area contributed by atoms with Gasteiger partial charge in [0.25, 0.3) is 5.91 Å². The summed E-state index contributed by atoms with van der Waals surface area (Å²) in [6, 6.07) is 5.88. The van der Waals surface area contributed by atoms with Crippen LogP contribution in [0.3, 0.4) is 0 Å². The van der Waals surface area contributed by atoms with Gasteiger partial charge < -0.3 is 10.0 Å². The lowest BCUT2D eigenvalue weighted by Crippen LogP contribution is -2.31. The lowest BCUT2D eigenvalue weighted by molar-refractivity contribution is 0.0715. The van der Waals surface area contributed by atoms with Gasteiger partial charge in [-0.15, -0.1) is 0 Å². The number of likely N-dealkylation sites (tertiary alicyclic amines) is 1. The SMILES string of the molecule is CC(C)Cn1cc(C(=O)N2C[C@@H](O)C[C@@H]2c2cccc(F)c2)cn1. The fourth-order valence-corrected chi connectivity index (χ4v) is 3.18. The number of carbonyl (C=O) groups is 1. The first-order chi connectivity index (χ1) is 11.4. The summed E-state index contributed by atoms with van der Waals surface area (Å²) in [5, 5.41) is 14.2. The smallest absolute Gasteiger partial charge is 0.257 e. The molecule has 1 saturated heterocycles. The summed E-state index contributed by atoms with van der Waals surface area (Å²) in [5.74, 6) is -0.0941. The Morgan fingerprint density at radius 2 is 2.25 bits per heavy atom. The van der Waals surface area contributed by atoms with Gasteiger partial charge in [-0.05, 0) is 30.0 Å². The maximum Gasteiger partial charge on any atom is 0.257 e. The zero-order valence-electron chi connectivity index (χ0n) is 13.9. The second kappa shape index (κ2) is 6.73. The molecule has 1 N–H and O–H groups in total. The molecule has 2 heterocycles. The van der Waals surface area contributed by atoms with Crippen molar-refractivity contribution in [3.63, 3.8) is 0 Å². The third-order valence-corrected chi connectivity index (χ3v) is 4.21. The number of nitrogens with zero attached hydrogens (tertiary/aromatic N) is 3. The van der Waals surface area contributed by atoms with Gasteiger partial charge in [-0.2, -0.15) is 5.10 Å². The Morgan fingerprint density at radius 3 is 2.96 bits per heavy atom. The first-order valence-electron chi connectivity index (χ1n) is 8.21. The summed E-state index contributed by atoms with van der Waals surface area (Å²) in [5.41, 5.74) is 1.20. The summed E-state index contributed by atoms with van der Waals surface area (Å²) in [4.78, 5) is 14.4. The van der Waals surface area contributed by atoms with E-state index in [9.17, 15) is 14.3 Å². The van der Waals surface area contributed by atoms with Crippen LogP contribution in [0, 0.1) is 11.7 Å². The van der Waals surface area contributed by atoms with Crippen molar-refractivity contribution in [1.82, 2.24) is 14.7 Å². The predicted molar refractivity (Wildman–Crippen MR) is 87.9 cm³/mol. The fraction of sp³-hybridized carbons (Fsp3) is 0.444. The molecule has 0 unspecified atom stereocenters. The van der Waals surface area contributed by atoms with Crippen molar-refractivity contribution in [3.8, 4) is 0 Å². The number of benzene rings is 1. The number of hydrogen-bond donors (Lipinski definition) is 1. The minimum Gasteiger partial charge on any atom is -0.391 e. The second-order valence-electron chi connectivity index (χ2n) is 6.76. The molecule has 0 aliphatic carbocycles. The molecule has 0 bridgehead atoms. The van der Waals surface area contributed by atoms with Crippen LogP contribution in [0.5, 0.6) is 0 Å². The van der Waals surface area contributed by atoms with Crippen molar-refractivity contribution in [2.75, 3.05) is 6.54 Å². The Labute approximate surface area is 140 Å². The highest BCUT2D eigenvalue weighted by atomic mass is 19.1. The highest BCUT2D eigenvalue weighted by molar-refractivity contribution is 5.94. The van der Waals surface area contributed by atoms with E-state index in [0.717, 1.165) is 6.54 Å². The third kappa shape index (κ3) is 3.48. The molecule has 1 aliphatic heterocycles. The van der Waals surface area contributed by atoms with E-state index in [1.165, 1.54) is 12.1 Å². The quantitative estimate of drug-likeness (QED) is 0.937. The molecular formula is C18H22FN3O2. The Hall–Kier alpha value is -2.21. The maximum absolute atomic E-state index is 13.5. The molecule has 5 nitrogen and oxygen atoms in total. The maximum atomic E-state index is 13.5. The van der Waals surface area contributed by atoms with E-state index in [2.05, 4.69) is 18.9 Å².